The van der Waals surface area contributed by atoms with Crippen LogP contribution in [-0.4, -0.2) is 18.1 Å². The summed E-state index contributed by atoms with van der Waals surface area (Å²) >= 11 is 1.61. The van der Waals surface area contributed by atoms with Crippen LogP contribution in [0.15, 0.2) is 24.3 Å². The summed E-state index contributed by atoms with van der Waals surface area (Å²) in [6.07, 6.45) is 0. The van der Waals surface area contributed by atoms with Crippen molar-refractivity contribution in [3.05, 3.63) is 45.4 Å². The fourth-order valence-corrected chi connectivity index (χ4v) is 2.76. The lowest BCUT2D eigenvalue weighted by Gasteiger charge is -2.07. The lowest BCUT2D eigenvalue weighted by molar-refractivity contribution is 0.240. The summed E-state index contributed by atoms with van der Waals surface area (Å²) in [4.78, 5) is 17.2. The van der Waals surface area contributed by atoms with E-state index >= 15 is 0 Å². The van der Waals surface area contributed by atoms with E-state index in [0.717, 1.165) is 26.9 Å². The van der Waals surface area contributed by atoms with Crippen LogP contribution in [0.25, 0.3) is 0 Å². The van der Waals surface area contributed by atoms with Crippen LogP contribution >= 0.6 is 11.3 Å². The number of carbonyl (C=O) groups excluding carboxylic acids is 1. The van der Waals surface area contributed by atoms with Crippen molar-refractivity contribution >= 4 is 17.4 Å². The van der Waals surface area contributed by atoms with Crippen molar-refractivity contribution in [3.8, 4) is 5.75 Å². The van der Waals surface area contributed by atoms with Crippen molar-refractivity contribution in [3.63, 3.8) is 0 Å². The van der Waals surface area contributed by atoms with Crippen molar-refractivity contribution in [1.82, 2.24) is 15.6 Å². The molecule has 0 aliphatic heterocycles. The van der Waals surface area contributed by atoms with Gasteiger partial charge in [-0.3, -0.25) is 0 Å². The molecule has 0 spiro atoms. The zero-order chi connectivity index (χ0) is 15.2. The Balaban J connectivity index is 1.78. The third-order valence-corrected chi connectivity index (χ3v) is 4.09. The van der Waals surface area contributed by atoms with Crippen molar-refractivity contribution < 1.29 is 9.53 Å². The van der Waals surface area contributed by atoms with Gasteiger partial charge in [-0.1, -0.05) is 12.1 Å². The van der Waals surface area contributed by atoms with Gasteiger partial charge in [0.2, 0.25) is 0 Å². The molecule has 1 aromatic carbocycles. The summed E-state index contributed by atoms with van der Waals surface area (Å²) in [7, 11) is 1.63. The molecule has 0 saturated carbocycles. The van der Waals surface area contributed by atoms with E-state index in [-0.39, 0.29) is 6.03 Å². The van der Waals surface area contributed by atoms with Gasteiger partial charge in [0, 0.05) is 11.4 Å². The molecular weight excluding hydrogens is 286 g/mol. The smallest absolute Gasteiger partial charge is 0.315 e. The average molecular weight is 305 g/mol. The second-order valence-electron chi connectivity index (χ2n) is 4.63. The molecular formula is C15H19N3O2S. The van der Waals surface area contributed by atoms with E-state index in [1.54, 1.807) is 18.4 Å². The fraction of sp³-hybridized carbons (Fsp3) is 0.333. The lowest BCUT2D eigenvalue weighted by Crippen LogP contribution is -2.34. The molecule has 0 saturated heterocycles. The number of ether oxygens (including phenoxy) is 1. The second kappa shape index (κ2) is 7.08. The number of aromatic nitrogens is 1. The average Bonchev–Trinajstić information content (AvgIpc) is 2.81. The van der Waals surface area contributed by atoms with Gasteiger partial charge in [-0.15, -0.1) is 11.3 Å². The van der Waals surface area contributed by atoms with E-state index in [4.69, 9.17) is 4.74 Å². The van der Waals surface area contributed by atoms with Gasteiger partial charge in [-0.2, -0.15) is 0 Å². The topological polar surface area (TPSA) is 63.2 Å². The molecule has 0 fully saturated rings. The molecule has 1 aromatic heterocycles. The third kappa shape index (κ3) is 4.46. The van der Waals surface area contributed by atoms with Crippen molar-refractivity contribution in [1.29, 1.82) is 0 Å². The summed E-state index contributed by atoms with van der Waals surface area (Å²) in [6.45, 7) is 4.91. The molecule has 6 heteroatoms. The largest absolute Gasteiger partial charge is 0.497 e. The monoisotopic (exact) mass is 305 g/mol. The number of aryl methyl sites for hydroxylation is 2. The van der Waals surface area contributed by atoms with Gasteiger partial charge in [0.1, 0.15) is 5.75 Å². The zero-order valence-corrected chi connectivity index (χ0v) is 13.2. The first-order chi connectivity index (χ1) is 10.1. The van der Waals surface area contributed by atoms with Crippen LogP contribution < -0.4 is 15.4 Å². The molecule has 2 amide bonds. The highest BCUT2D eigenvalue weighted by atomic mass is 32.1. The van der Waals surface area contributed by atoms with Gasteiger partial charge in [0.05, 0.1) is 24.4 Å². The van der Waals surface area contributed by atoms with Crippen LogP contribution in [0.2, 0.25) is 0 Å². The number of methoxy groups -OCH3 is 1. The van der Waals surface area contributed by atoms with E-state index in [9.17, 15) is 4.79 Å². The number of hydrogen-bond acceptors (Lipinski definition) is 4. The normalized spacial score (nSPS) is 10.2. The Labute approximate surface area is 128 Å². The van der Waals surface area contributed by atoms with Gasteiger partial charge in [0.15, 0.2) is 0 Å². The minimum absolute atomic E-state index is 0.184. The quantitative estimate of drug-likeness (QED) is 0.893. The van der Waals surface area contributed by atoms with E-state index in [1.165, 1.54) is 0 Å². The van der Waals surface area contributed by atoms with Crippen LogP contribution in [0.4, 0.5) is 4.79 Å². The van der Waals surface area contributed by atoms with Crippen molar-refractivity contribution in [2.75, 3.05) is 7.11 Å². The SMILES string of the molecule is COc1ccc(CNC(=O)NCc2sc(C)nc2C)cc1. The predicted molar refractivity (Wildman–Crippen MR) is 83.7 cm³/mol. The molecule has 0 bridgehead atoms. The molecule has 0 atom stereocenters. The number of nitrogens with zero attached hydrogens (tertiary/aromatic N) is 1. The molecule has 2 rings (SSSR count). The van der Waals surface area contributed by atoms with E-state index in [1.807, 2.05) is 38.1 Å². The molecule has 5 nitrogen and oxygen atoms in total. The molecule has 21 heavy (non-hydrogen) atoms. The van der Waals surface area contributed by atoms with Crippen molar-refractivity contribution in [2.24, 2.45) is 0 Å². The highest BCUT2D eigenvalue weighted by Crippen LogP contribution is 2.16. The van der Waals surface area contributed by atoms with Gasteiger partial charge in [0.25, 0.3) is 0 Å². The lowest BCUT2D eigenvalue weighted by atomic mass is 10.2. The number of urea groups is 1. The van der Waals surface area contributed by atoms with Crippen LogP contribution in [0.5, 0.6) is 5.75 Å². The van der Waals surface area contributed by atoms with Gasteiger partial charge in [-0.05, 0) is 31.5 Å². The molecule has 0 aliphatic rings. The Morgan fingerprint density at radius 2 is 1.86 bits per heavy atom. The molecule has 112 valence electrons. The molecule has 0 aliphatic carbocycles. The fourth-order valence-electron chi connectivity index (χ4n) is 1.89. The Kier molecular flexibility index (Phi) is 5.16. The van der Waals surface area contributed by atoms with Crippen LogP contribution in [0.1, 0.15) is 21.1 Å². The highest BCUT2D eigenvalue weighted by Gasteiger charge is 2.06. The number of thiazole rings is 1. The number of amides is 2. The Hall–Kier alpha value is -2.08. The summed E-state index contributed by atoms with van der Waals surface area (Å²) in [6, 6.07) is 7.42. The van der Waals surface area contributed by atoms with E-state index in [2.05, 4.69) is 15.6 Å². The minimum Gasteiger partial charge on any atom is -0.497 e. The maximum Gasteiger partial charge on any atom is 0.315 e. The minimum atomic E-state index is -0.184. The Bertz CT molecular complexity index is 608. The first-order valence-corrected chi connectivity index (χ1v) is 7.47. The van der Waals surface area contributed by atoms with Gasteiger partial charge < -0.3 is 15.4 Å². The van der Waals surface area contributed by atoms with Crippen LogP contribution in [-0.2, 0) is 13.1 Å². The van der Waals surface area contributed by atoms with Crippen LogP contribution in [0.3, 0.4) is 0 Å². The number of carbonyl (C=O) groups is 1. The third-order valence-electron chi connectivity index (χ3n) is 3.02. The summed E-state index contributed by atoms with van der Waals surface area (Å²) in [5, 5.41) is 6.68. The summed E-state index contributed by atoms with van der Waals surface area (Å²) < 4.78 is 5.09. The Morgan fingerprint density at radius 3 is 2.43 bits per heavy atom. The zero-order valence-electron chi connectivity index (χ0n) is 12.4. The Morgan fingerprint density at radius 1 is 1.19 bits per heavy atom. The molecule has 2 N–H and O–H groups in total. The molecule has 0 radical (unpaired) electrons. The van der Waals surface area contributed by atoms with Gasteiger partial charge in [-0.25, -0.2) is 9.78 Å². The summed E-state index contributed by atoms with van der Waals surface area (Å²) in [5.74, 6) is 0.805. The highest BCUT2D eigenvalue weighted by molar-refractivity contribution is 7.11. The van der Waals surface area contributed by atoms with E-state index in [0.29, 0.717) is 13.1 Å². The maximum absolute atomic E-state index is 11.8. The van der Waals surface area contributed by atoms with Crippen LogP contribution in [0, 0.1) is 13.8 Å². The second-order valence-corrected chi connectivity index (χ2v) is 5.91. The molecule has 1 heterocycles. The predicted octanol–water partition coefficient (Wildman–Crippen LogP) is 2.77. The maximum atomic E-state index is 11.8. The molecule has 2 aromatic rings. The number of nitrogens with one attached hydrogen (secondary N) is 2. The summed E-state index contributed by atoms with van der Waals surface area (Å²) in [5.41, 5.74) is 2.00. The van der Waals surface area contributed by atoms with Crippen molar-refractivity contribution in [2.45, 2.75) is 26.9 Å². The number of benzene rings is 1. The van der Waals surface area contributed by atoms with E-state index < -0.39 is 0 Å². The standard InChI is InChI=1S/C15H19N3O2S/c1-10-14(21-11(2)18-10)9-17-15(19)16-8-12-4-6-13(20-3)7-5-12/h4-7H,8-9H2,1-3H3,(H2,16,17,19). The molecule has 0 unspecified atom stereocenters. The first-order valence-electron chi connectivity index (χ1n) is 6.66. The number of rotatable bonds is 5. The van der Waals surface area contributed by atoms with Gasteiger partial charge >= 0.3 is 6.03 Å². The number of hydrogen-bond donors (Lipinski definition) is 2. The first kappa shape index (κ1) is 15.3.